The maximum atomic E-state index is 12.3. The van der Waals surface area contributed by atoms with Crippen molar-refractivity contribution in [2.75, 3.05) is 4.72 Å². The number of carbonyl (C=O) groups is 1. The van der Waals surface area contributed by atoms with Crippen LogP contribution in [0.4, 0.5) is 5.69 Å². The molecule has 1 aromatic carbocycles. The smallest absolute Gasteiger partial charge is 0.313 e. The Morgan fingerprint density at radius 3 is 2.46 bits per heavy atom. The zero-order valence-electron chi connectivity index (χ0n) is 14.1. The van der Waals surface area contributed by atoms with E-state index in [0.29, 0.717) is 5.69 Å². The number of nitrogens with one attached hydrogen (secondary N) is 1. The number of nitrogens with zero attached hydrogens (tertiary/aromatic N) is 2. The molecule has 1 aromatic heterocycles. The molecule has 0 aliphatic heterocycles. The third kappa shape index (κ3) is 4.58. The van der Waals surface area contributed by atoms with Crippen molar-refractivity contribution in [3.63, 3.8) is 0 Å². The number of benzene rings is 1. The third-order valence-corrected chi connectivity index (χ3v) is 4.55. The second-order valence-electron chi connectivity index (χ2n) is 6.50. The van der Waals surface area contributed by atoms with E-state index in [1.54, 1.807) is 32.9 Å². The summed E-state index contributed by atoms with van der Waals surface area (Å²) in [6, 6.07) is 6.52. The minimum atomic E-state index is -3.68. The summed E-state index contributed by atoms with van der Waals surface area (Å²) in [5, 5.41) is 3.97. The Labute approximate surface area is 141 Å². The molecule has 2 rings (SSSR count). The van der Waals surface area contributed by atoms with Crippen molar-refractivity contribution in [1.29, 1.82) is 0 Å². The van der Waals surface area contributed by atoms with Gasteiger partial charge in [0.1, 0.15) is 0 Å². The highest BCUT2D eigenvalue weighted by molar-refractivity contribution is 7.92. The summed E-state index contributed by atoms with van der Waals surface area (Å²) in [5.41, 5.74) is 0.660. The fraction of sp³-hybridized carbons (Fsp3) is 0.375. The summed E-state index contributed by atoms with van der Waals surface area (Å²) in [6.45, 7) is 7.05. The average Bonchev–Trinajstić information content (AvgIpc) is 2.91. The molecule has 0 saturated heterocycles. The van der Waals surface area contributed by atoms with Gasteiger partial charge in [-0.3, -0.25) is 9.52 Å². The van der Waals surface area contributed by atoms with Crippen LogP contribution in [0.15, 0.2) is 41.6 Å². The van der Waals surface area contributed by atoms with Gasteiger partial charge in [-0.2, -0.15) is 5.10 Å². The number of aryl methyl sites for hydroxylation is 1. The van der Waals surface area contributed by atoms with Gasteiger partial charge in [-0.1, -0.05) is 17.7 Å². The van der Waals surface area contributed by atoms with E-state index in [9.17, 15) is 13.2 Å². The lowest BCUT2D eigenvalue weighted by Crippen LogP contribution is -2.24. The molecule has 1 heterocycles. The normalized spacial score (nSPS) is 12.0. The highest BCUT2D eigenvalue weighted by atomic mass is 32.2. The van der Waals surface area contributed by atoms with Crippen LogP contribution in [0.3, 0.4) is 0 Å². The molecule has 2 aromatic rings. The monoisotopic (exact) mass is 351 g/mol. The second-order valence-corrected chi connectivity index (χ2v) is 8.18. The molecule has 0 fully saturated rings. The van der Waals surface area contributed by atoms with Crippen molar-refractivity contribution in [2.24, 2.45) is 5.41 Å². The van der Waals surface area contributed by atoms with Gasteiger partial charge >= 0.3 is 5.97 Å². The maximum Gasteiger partial charge on any atom is 0.313 e. The first-order valence-corrected chi connectivity index (χ1v) is 8.85. The van der Waals surface area contributed by atoms with Gasteiger partial charge in [0.25, 0.3) is 10.0 Å². The van der Waals surface area contributed by atoms with E-state index in [2.05, 4.69) is 9.82 Å². The van der Waals surface area contributed by atoms with Gasteiger partial charge in [-0.25, -0.2) is 13.1 Å². The largest absolute Gasteiger partial charge is 0.442 e. The van der Waals surface area contributed by atoms with Crippen molar-refractivity contribution >= 4 is 21.7 Å². The Morgan fingerprint density at radius 1 is 1.25 bits per heavy atom. The van der Waals surface area contributed by atoms with Gasteiger partial charge < -0.3 is 4.74 Å². The molecule has 8 heteroatoms. The number of hydrogen-bond acceptors (Lipinski definition) is 5. The first-order valence-electron chi connectivity index (χ1n) is 7.37. The van der Waals surface area contributed by atoms with Gasteiger partial charge in [0.15, 0.2) is 6.73 Å². The van der Waals surface area contributed by atoms with E-state index in [-0.39, 0.29) is 17.6 Å². The Morgan fingerprint density at radius 2 is 1.88 bits per heavy atom. The van der Waals surface area contributed by atoms with Gasteiger partial charge in [0, 0.05) is 0 Å². The Bertz CT molecular complexity index is 818. The number of anilines is 1. The lowest BCUT2D eigenvalue weighted by Gasteiger charge is -2.16. The van der Waals surface area contributed by atoms with Crippen LogP contribution in [0.1, 0.15) is 26.3 Å². The molecular formula is C16H21N3O4S. The number of aromatic nitrogens is 2. The van der Waals surface area contributed by atoms with E-state index in [1.807, 2.05) is 6.92 Å². The number of carbonyl (C=O) groups excluding carboxylic acids is 1. The van der Waals surface area contributed by atoms with Crippen LogP contribution in [0.25, 0.3) is 0 Å². The maximum absolute atomic E-state index is 12.3. The number of rotatable bonds is 5. The fourth-order valence-corrected chi connectivity index (χ4v) is 2.79. The molecule has 0 spiro atoms. The summed E-state index contributed by atoms with van der Waals surface area (Å²) in [7, 11) is -3.68. The summed E-state index contributed by atoms with van der Waals surface area (Å²) in [4.78, 5) is 11.9. The molecule has 0 amide bonds. The van der Waals surface area contributed by atoms with Gasteiger partial charge in [0.05, 0.1) is 28.4 Å². The highest BCUT2D eigenvalue weighted by Gasteiger charge is 2.23. The Kier molecular flexibility index (Phi) is 4.98. The third-order valence-electron chi connectivity index (χ3n) is 3.16. The van der Waals surface area contributed by atoms with Crippen LogP contribution in [0, 0.1) is 12.3 Å². The van der Waals surface area contributed by atoms with Crippen molar-refractivity contribution in [3.05, 3.63) is 42.2 Å². The lowest BCUT2D eigenvalue weighted by molar-refractivity contribution is -0.157. The number of esters is 1. The van der Waals surface area contributed by atoms with Crippen LogP contribution >= 0.6 is 0 Å². The van der Waals surface area contributed by atoms with Gasteiger partial charge in [0.2, 0.25) is 0 Å². The van der Waals surface area contributed by atoms with E-state index >= 15 is 0 Å². The van der Waals surface area contributed by atoms with Crippen molar-refractivity contribution < 1.29 is 17.9 Å². The predicted octanol–water partition coefficient (Wildman–Crippen LogP) is 2.54. The van der Waals surface area contributed by atoms with Gasteiger partial charge in [-0.05, 0) is 39.8 Å². The average molecular weight is 351 g/mol. The highest BCUT2D eigenvalue weighted by Crippen LogP contribution is 2.17. The van der Waals surface area contributed by atoms with E-state index in [0.717, 1.165) is 5.56 Å². The standard InChI is InChI=1S/C16H21N3O4S/c1-12-5-7-14(8-6-12)24(21,22)18-13-9-17-19(10-13)11-23-15(20)16(2,3)4/h5-10,18H,11H2,1-4H3. The van der Waals surface area contributed by atoms with Crippen LogP contribution in [-0.4, -0.2) is 24.2 Å². The van der Waals surface area contributed by atoms with E-state index < -0.39 is 15.4 Å². The molecule has 0 atom stereocenters. The topological polar surface area (TPSA) is 90.3 Å². The molecule has 0 aliphatic rings. The van der Waals surface area contributed by atoms with E-state index in [1.165, 1.54) is 29.2 Å². The number of ether oxygens (including phenoxy) is 1. The van der Waals surface area contributed by atoms with Crippen LogP contribution in [0.5, 0.6) is 0 Å². The summed E-state index contributed by atoms with van der Waals surface area (Å²) < 4.78 is 33.5. The summed E-state index contributed by atoms with van der Waals surface area (Å²) in [5.74, 6) is -0.361. The van der Waals surface area contributed by atoms with Crippen LogP contribution in [0.2, 0.25) is 0 Å². The molecule has 24 heavy (non-hydrogen) atoms. The summed E-state index contributed by atoms with van der Waals surface area (Å²) in [6.07, 6.45) is 2.82. The first-order chi connectivity index (χ1) is 11.1. The van der Waals surface area contributed by atoms with Crippen molar-refractivity contribution in [2.45, 2.75) is 39.3 Å². The summed E-state index contributed by atoms with van der Waals surface area (Å²) >= 11 is 0. The molecule has 0 saturated carbocycles. The zero-order valence-corrected chi connectivity index (χ0v) is 14.9. The van der Waals surface area contributed by atoms with Crippen molar-refractivity contribution in [3.8, 4) is 0 Å². The predicted molar refractivity (Wildman–Crippen MR) is 89.8 cm³/mol. The Balaban J connectivity index is 2.03. The quantitative estimate of drug-likeness (QED) is 0.836. The molecule has 130 valence electrons. The zero-order chi connectivity index (χ0) is 18.0. The van der Waals surface area contributed by atoms with Gasteiger partial charge in [-0.15, -0.1) is 0 Å². The molecule has 7 nitrogen and oxygen atoms in total. The molecule has 1 N–H and O–H groups in total. The minimum absolute atomic E-state index is 0.0810. The second kappa shape index (κ2) is 6.64. The Hall–Kier alpha value is -2.35. The molecule has 0 bridgehead atoms. The van der Waals surface area contributed by atoms with Crippen LogP contribution in [-0.2, 0) is 26.3 Å². The minimum Gasteiger partial charge on any atom is -0.442 e. The van der Waals surface area contributed by atoms with Crippen molar-refractivity contribution in [1.82, 2.24) is 9.78 Å². The number of sulfonamides is 1. The lowest BCUT2D eigenvalue weighted by atomic mass is 9.98. The van der Waals surface area contributed by atoms with E-state index in [4.69, 9.17) is 4.74 Å². The fourth-order valence-electron chi connectivity index (χ4n) is 1.76. The molecule has 0 radical (unpaired) electrons. The number of hydrogen-bond donors (Lipinski definition) is 1. The SMILES string of the molecule is Cc1ccc(S(=O)(=O)Nc2cnn(COC(=O)C(C)(C)C)c2)cc1. The van der Waals surface area contributed by atoms with Crippen LogP contribution < -0.4 is 4.72 Å². The first kappa shape index (κ1) is 18.0. The molecule has 0 aliphatic carbocycles. The molecular weight excluding hydrogens is 330 g/mol. The molecule has 0 unspecified atom stereocenters.